The number of rotatable bonds is 7. The van der Waals surface area contributed by atoms with Crippen molar-refractivity contribution in [1.82, 2.24) is 10.2 Å². The average Bonchev–Trinajstić information content (AvgIpc) is 2.16. The van der Waals surface area contributed by atoms with Crippen LogP contribution in [0, 0.1) is 0 Å². The maximum Gasteiger partial charge on any atom is 0.0192 e. The predicted octanol–water partition coefficient (Wildman–Crippen LogP) is 2.49. The van der Waals surface area contributed by atoms with Crippen LogP contribution in [0.4, 0.5) is 0 Å². The molecule has 0 saturated carbocycles. The standard InChI is InChI=1S/C12H28N2/c1-7-9-11(13-5)10-14(6)12(3,4)8-2/h11,13H,7-10H2,1-6H3. The Hall–Kier alpha value is -0.0800. The molecule has 0 aromatic carbocycles. The van der Waals surface area contributed by atoms with Crippen LogP contribution in [-0.2, 0) is 0 Å². The lowest BCUT2D eigenvalue weighted by atomic mass is 9.98. The van der Waals surface area contributed by atoms with Crippen LogP contribution < -0.4 is 5.32 Å². The van der Waals surface area contributed by atoms with Gasteiger partial charge in [0.2, 0.25) is 0 Å². The molecule has 0 rings (SSSR count). The van der Waals surface area contributed by atoms with Gasteiger partial charge in [0.25, 0.3) is 0 Å². The minimum atomic E-state index is 0.322. The summed E-state index contributed by atoms with van der Waals surface area (Å²) in [4.78, 5) is 2.46. The zero-order valence-electron chi connectivity index (χ0n) is 10.9. The van der Waals surface area contributed by atoms with Crippen LogP contribution in [0.15, 0.2) is 0 Å². The number of nitrogens with zero attached hydrogens (tertiary/aromatic N) is 1. The van der Waals surface area contributed by atoms with Crippen LogP contribution in [0.5, 0.6) is 0 Å². The van der Waals surface area contributed by atoms with Gasteiger partial charge in [0.1, 0.15) is 0 Å². The number of hydrogen-bond acceptors (Lipinski definition) is 2. The lowest BCUT2D eigenvalue weighted by Gasteiger charge is -2.37. The molecule has 0 aliphatic heterocycles. The summed E-state index contributed by atoms with van der Waals surface area (Å²) in [5, 5.41) is 3.39. The Labute approximate surface area is 90.1 Å². The SMILES string of the molecule is CCCC(CN(C)C(C)(C)CC)NC. The summed E-state index contributed by atoms with van der Waals surface area (Å²) in [6.07, 6.45) is 3.72. The van der Waals surface area contributed by atoms with E-state index in [1.807, 2.05) is 0 Å². The molecule has 0 spiro atoms. The van der Waals surface area contributed by atoms with Crippen LogP contribution in [0.3, 0.4) is 0 Å². The van der Waals surface area contributed by atoms with Gasteiger partial charge in [0, 0.05) is 18.1 Å². The third-order valence-corrected chi connectivity index (χ3v) is 3.44. The van der Waals surface area contributed by atoms with Crippen LogP contribution in [0.1, 0.15) is 47.0 Å². The summed E-state index contributed by atoms with van der Waals surface area (Å²) in [5.41, 5.74) is 0.322. The zero-order valence-corrected chi connectivity index (χ0v) is 10.9. The first kappa shape index (κ1) is 13.9. The van der Waals surface area contributed by atoms with Crippen molar-refractivity contribution in [2.75, 3.05) is 20.6 Å². The summed E-state index contributed by atoms with van der Waals surface area (Å²) in [6, 6.07) is 0.635. The Morgan fingerprint density at radius 2 is 1.86 bits per heavy atom. The topological polar surface area (TPSA) is 15.3 Å². The second-order valence-electron chi connectivity index (χ2n) is 4.82. The van der Waals surface area contributed by atoms with Crippen LogP contribution in [-0.4, -0.2) is 37.1 Å². The van der Waals surface area contributed by atoms with Crippen LogP contribution in [0.25, 0.3) is 0 Å². The number of nitrogens with one attached hydrogen (secondary N) is 1. The van der Waals surface area contributed by atoms with E-state index in [9.17, 15) is 0 Å². The molecule has 0 aliphatic carbocycles. The molecule has 0 amide bonds. The van der Waals surface area contributed by atoms with Gasteiger partial charge < -0.3 is 5.32 Å². The lowest BCUT2D eigenvalue weighted by molar-refractivity contribution is 0.135. The molecular weight excluding hydrogens is 172 g/mol. The molecule has 14 heavy (non-hydrogen) atoms. The maximum absolute atomic E-state index is 3.39. The van der Waals surface area contributed by atoms with Gasteiger partial charge in [-0.1, -0.05) is 20.3 Å². The van der Waals surface area contributed by atoms with Crippen molar-refractivity contribution in [3.8, 4) is 0 Å². The molecule has 0 saturated heterocycles. The number of hydrogen-bond donors (Lipinski definition) is 1. The first-order valence-corrected chi connectivity index (χ1v) is 5.86. The van der Waals surface area contributed by atoms with E-state index >= 15 is 0 Å². The van der Waals surface area contributed by atoms with Gasteiger partial charge in [0.15, 0.2) is 0 Å². The van der Waals surface area contributed by atoms with E-state index in [-0.39, 0.29) is 0 Å². The molecule has 1 unspecified atom stereocenters. The summed E-state index contributed by atoms with van der Waals surface area (Å²) in [5.74, 6) is 0. The molecular formula is C12H28N2. The fourth-order valence-electron chi connectivity index (χ4n) is 1.52. The molecule has 0 aliphatic rings. The summed E-state index contributed by atoms with van der Waals surface area (Å²) < 4.78 is 0. The van der Waals surface area contributed by atoms with E-state index in [2.05, 4.69) is 52.0 Å². The molecule has 2 nitrogen and oxygen atoms in total. The van der Waals surface area contributed by atoms with E-state index in [0.717, 1.165) is 6.54 Å². The Morgan fingerprint density at radius 1 is 1.29 bits per heavy atom. The van der Waals surface area contributed by atoms with Crippen LogP contribution >= 0.6 is 0 Å². The minimum absolute atomic E-state index is 0.322. The average molecular weight is 200 g/mol. The highest BCUT2D eigenvalue weighted by Crippen LogP contribution is 2.17. The predicted molar refractivity (Wildman–Crippen MR) is 64.8 cm³/mol. The van der Waals surface area contributed by atoms with Crippen molar-refractivity contribution >= 4 is 0 Å². The van der Waals surface area contributed by atoms with E-state index < -0.39 is 0 Å². The van der Waals surface area contributed by atoms with Crippen molar-refractivity contribution in [3.05, 3.63) is 0 Å². The first-order chi connectivity index (χ1) is 6.47. The Kier molecular flexibility index (Phi) is 6.38. The van der Waals surface area contributed by atoms with Gasteiger partial charge >= 0.3 is 0 Å². The van der Waals surface area contributed by atoms with Crippen LogP contribution in [0.2, 0.25) is 0 Å². The van der Waals surface area contributed by atoms with Gasteiger partial charge in [-0.25, -0.2) is 0 Å². The second kappa shape index (κ2) is 6.41. The Balaban J connectivity index is 4.07. The molecule has 0 aromatic heterocycles. The van der Waals surface area contributed by atoms with E-state index in [1.165, 1.54) is 19.3 Å². The third kappa shape index (κ3) is 4.43. The molecule has 2 heteroatoms. The quantitative estimate of drug-likeness (QED) is 0.679. The van der Waals surface area contributed by atoms with E-state index in [4.69, 9.17) is 0 Å². The van der Waals surface area contributed by atoms with E-state index in [1.54, 1.807) is 0 Å². The Morgan fingerprint density at radius 3 is 2.21 bits per heavy atom. The van der Waals surface area contributed by atoms with Gasteiger partial charge in [0.05, 0.1) is 0 Å². The van der Waals surface area contributed by atoms with Gasteiger partial charge in [-0.15, -0.1) is 0 Å². The molecule has 86 valence electrons. The summed E-state index contributed by atoms with van der Waals surface area (Å²) in [6.45, 7) is 10.3. The zero-order chi connectivity index (χ0) is 11.2. The third-order valence-electron chi connectivity index (χ3n) is 3.44. The molecule has 0 aromatic rings. The highest BCUT2D eigenvalue weighted by Gasteiger charge is 2.22. The van der Waals surface area contributed by atoms with Crippen molar-refractivity contribution < 1.29 is 0 Å². The van der Waals surface area contributed by atoms with Crippen molar-refractivity contribution in [1.29, 1.82) is 0 Å². The summed E-state index contributed by atoms with van der Waals surface area (Å²) in [7, 11) is 4.29. The second-order valence-corrected chi connectivity index (χ2v) is 4.82. The largest absolute Gasteiger partial charge is 0.316 e. The van der Waals surface area contributed by atoms with Crippen molar-refractivity contribution in [2.24, 2.45) is 0 Å². The lowest BCUT2D eigenvalue weighted by Crippen LogP contribution is -2.47. The Bertz CT molecular complexity index is 143. The molecule has 1 N–H and O–H groups in total. The molecule has 0 heterocycles. The first-order valence-electron chi connectivity index (χ1n) is 5.86. The fraction of sp³-hybridized carbons (Fsp3) is 1.00. The molecule has 0 bridgehead atoms. The summed E-state index contributed by atoms with van der Waals surface area (Å²) >= 11 is 0. The molecule has 0 fully saturated rings. The van der Waals surface area contributed by atoms with Gasteiger partial charge in [-0.2, -0.15) is 0 Å². The minimum Gasteiger partial charge on any atom is -0.316 e. The van der Waals surface area contributed by atoms with Gasteiger partial charge in [-0.3, -0.25) is 4.90 Å². The highest BCUT2D eigenvalue weighted by molar-refractivity contribution is 4.80. The monoisotopic (exact) mass is 200 g/mol. The molecule has 1 atom stereocenters. The van der Waals surface area contributed by atoms with Gasteiger partial charge in [-0.05, 0) is 40.8 Å². The maximum atomic E-state index is 3.39. The molecule has 0 radical (unpaired) electrons. The van der Waals surface area contributed by atoms with Crippen molar-refractivity contribution in [3.63, 3.8) is 0 Å². The normalized spacial score (nSPS) is 14.8. The van der Waals surface area contributed by atoms with E-state index in [0.29, 0.717) is 11.6 Å². The highest BCUT2D eigenvalue weighted by atomic mass is 15.2. The number of likely N-dealkylation sites (N-methyl/N-ethyl adjacent to an activating group) is 2. The fourth-order valence-corrected chi connectivity index (χ4v) is 1.52. The smallest absolute Gasteiger partial charge is 0.0192 e. The van der Waals surface area contributed by atoms with Crippen molar-refractivity contribution in [2.45, 2.75) is 58.5 Å².